The Kier molecular flexibility index (Phi) is 30.1. The normalized spacial score (nSPS) is 11.2. The molecule has 11 nitrogen and oxygen atoms in total. The second kappa shape index (κ2) is 33.1. The highest BCUT2D eigenvalue weighted by molar-refractivity contribution is 5.69. The summed E-state index contributed by atoms with van der Waals surface area (Å²) in [7, 11) is 0. The summed E-state index contributed by atoms with van der Waals surface area (Å²) in [5, 5.41) is 0. The number of carbonyl (C=O) groups is 1. The summed E-state index contributed by atoms with van der Waals surface area (Å²) in [6.45, 7) is 10.9. The number of hydrogen-bond acceptors (Lipinski definition) is 11. The topological polar surface area (TPSA) is 109 Å². The molecule has 0 amide bonds. The maximum atomic E-state index is 11.6. The van der Waals surface area contributed by atoms with Gasteiger partial charge in [0.2, 0.25) is 0 Å². The van der Waals surface area contributed by atoms with Gasteiger partial charge in [0.05, 0.1) is 106 Å². The molecular formula is C32H56O11. The monoisotopic (exact) mass is 616 g/mol. The zero-order valence-electron chi connectivity index (χ0n) is 26.3. The fourth-order valence-electron chi connectivity index (χ4n) is 3.54. The number of ether oxygens (including phenoxy) is 10. The maximum Gasteiger partial charge on any atom is 0.305 e. The van der Waals surface area contributed by atoms with E-state index < -0.39 is 0 Å². The van der Waals surface area contributed by atoms with Gasteiger partial charge in [0.1, 0.15) is 19.0 Å². The molecule has 0 heterocycles. The molecular weight excluding hydrogens is 560 g/mol. The second-order valence-corrected chi connectivity index (χ2v) is 9.45. The minimum absolute atomic E-state index is 0.145. The van der Waals surface area contributed by atoms with Gasteiger partial charge in [-0.2, -0.15) is 0 Å². The van der Waals surface area contributed by atoms with Crippen LogP contribution in [0.1, 0.15) is 45.4 Å². The molecule has 0 aliphatic heterocycles. The number of esters is 1. The van der Waals surface area contributed by atoms with E-state index in [2.05, 4.69) is 6.92 Å². The van der Waals surface area contributed by atoms with E-state index in [-0.39, 0.29) is 12.6 Å². The lowest BCUT2D eigenvalue weighted by Crippen LogP contribution is -2.15. The van der Waals surface area contributed by atoms with Gasteiger partial charge in [-0.3, -0.25) is 4.79 Å². The van der Waals surface area contributed by atoms with E-state index >= 15 is 0 Å². The molecule has 0 fully saturated rings. The van der Waals surface area contributed by atoms with Crippen LogP contribution in [0.25, 0.3) is 0 Å². The Hall–Kier alpha value is -1.83. The molecule has 1 rings (SSSR count). The van der Waals surface area contributed by atoms with E-state index in [0.717, 1.165) is 18.6 Å². The van der Waals surface area contributed by atoms with E-state index in [1.165, 1.54) is 19.3 Å². The van der Waals surface area contributed by atoms with Crippen LogP contribution in [0, 0.1) is 0 Å². The van der Waals surface area contributed by atoms with Gasteiger partial charge in [0.15, 0.2) is 0 Å². The maximum absolute atomic E-state index is 11.6. The molecule has 0 aromatic heterocycles. The first-order chi connectivity index (χ1) is 21.3. The summed E-state index contributed by atoms with van der Waals surface area (Å²) in [6, 6.07) is 9.67. The lowest BCUT2D eigenvalue weighted by molar-refractivity contribution is -0.145. The van der Waals surface area contributed by atoms with Crippen molar-refractivity contribution in [2.75, 3.05) is 119 Å². The Morgan fingerprint density at radius 2 is 0.837 bits per heavy atom. The third-order valence-corrected chi connectivity index (χ3v) is 5.82. The molecule has 0 aliphatic carbocycles. The number of benzene rings is 1. The SMILES string of the molecule is CCCCCCCC(=O)OCCOCCOCCOCCOCCOCCOCCOCCOCCOc1ccccc1. The van der Waals surface area contributed by atoms with Crippen molar-refractivity contribution >= 4 is 5.97 Å². The summed E-state index contributed by atoms with van der Waals surface area (Å²) in [4.78, 5) is 11.6. The van der Waals surface area contributed by atoms with Crippen LogP contribution in [0.5, 0.6) is 5.75 Å². The first-order valence-corrected chi connectivity index (χ1v) is 15.8. The fourth-order valence-corrected chi connectivity index (χ4v) is 3.54. The van der Waals surface area contributed by atoms with Crippen LogP contribution < -0.4 is 4.74 Å². The van der Waals surface area contributed by atoms with Crippen molar-refractivity contribution in [3.8, 4) is 5.75 Å². The van der Waals surface area contributed by atoms with Crippen molar-refractivity contribution in [3.05, 3.63) is 30.3 Å². The number of unbranched alkanes of at least 4 members (excludes halogenated alkanes) is 4. The Balaban J connectivity index is 1.64. The van der Waals surface area contributed by atoms with Gasteiger partial charge < -0.3 is 47.4 Å². The first-order valence-electron chi connectivity index (χ1n) is 15.8. The van der Waals surface area contributed by atoms with Crippen molar-refractivity contribution < 1.29 is 52.2 Å². The average molecular weight is 617 g/mol. The summed E-state index contributed by atoms with van der Waals surface area (Å²) < 4.78 is 54.4. The number of carbonyl (C=O) groups excluding carboxylic acids is 1. The van der Waals surface area contributed by atoms with Crippen LogP contribution in [0.3, 0.4) is 0 Å². The summed E-state index contributed by atoms with van der Waals surface area (Å²) in [5.41, 5.74) is 0. The first kappa shape index (κ1) is 39.2. The van der Waals surface area contributed by atoms with Crippen molar-refractivity contribution in [1.82, 2.24) is 0 Å². The summed E-state index contributed by atoms with van der Waals surface area (Å²) >= 11 is 0. The second-order valence-electron chi connectivity index (χ2n) is 9.45. The van der Waals surface area contributed by atoms with E-state index in [0.29, 0.717) is 119 Å². The van der Waals surface area contributed by atoms with E-state index in [4.69, 9.17) is 47.4 Å². The smallest absolute Gasteiger partial charge is 0.305 e. The summed E-state index contributed by atoms with van der Waals surface area (Å²) in [5.74, 6) is 0.698. The Morgan fingerprint density at radius 3 is 1.26 bits per heavy atom. The predicted molar refractivity (Wildman–Crippen MR) is 163 cm³/mol. The van der Waals surface area contributed by atoms with Crippen molar-refractivity contribution in [3.63, 3.8) is 0 Å². The number of hydrogen-bond donors (Lipinski definition) is 0. The van der Waals surface area contributed by atoms with Crippen LogP contribution in [-0.2, 0) is 47.4 Å². The number of para-hydroxylation sites is 1. The van der Waals surface area contributed by atoms with Gasteiger partial charge in [0, 0.05) is 6.42 Å². The molecule has 0 saturated heterocycles. The van der Waals surface area contributed by atoms with Gasteiger partial charge >= 0.3 is 5.97 Å². The molecule has 0 radical (unpaired) electrons. The molecule has 250 valence electrons. The largest absolute Gasteiger partial charge is 0.491 e. The lowest BCUT2D eigenvalue weighted by Gasteiger charge is -2.09. The van der Waals surface area contributed by atoms with Crippen LogP contribution in [0.2, 0.25) is 0 Å². The molecule has 0 aliphatic rings. The quantitative estimate of drug-likeness (QED) is 0.0825. The van der Waals surface area contributed by atoms with Crippen molar-refractivity contribution in [2.24, 2.45) is 0 Å². The molecule has 0 N–H and O–H groups in total. The molecule has 11 heteroatoms. The standard InChI is InChI=1S/C32H56O11/c1-2-3-4-5-9-12-32(33)43-30-28-41-26-24-39-22-20-37-18-16-35-14-13-34-15-17-36-19-21-38-23-25-40-27-29-42-31-10-7-6-8-11-31/h6-8,10-11H,2-5,9,12-30H2,1H3. The van der Waals surface area contributed by atoms with Gasteiger partial charge in [-0.05, 0) is 18.6 Å². The zero-order chi connectivity index (χ0) is 30.7. The molecule has 0 bridgehead atoms. The average Bonchev–Trinajstić information content (AvgIpc) is 3.02. The Morgan fingerprint density at radius 1 is 0.465 bits per heavy atom. The minimum atomic E-state index is -0.145. The van der Waals surface area contributed by atoms with E-state index in [1.807, 2.05) is 30.3 Å². The zero-order valence-corrected chi connectivity index (χ0v) is 26.3. The third-order valence-electron chi connectivity index (χ3n) is 5.82. The van der Waals surface area contributed by atoms with Gasteiger partial charge in [-0.1, -0.05) is 50.8 Å². The lowest BCUT2D eigenvalue weighted by atomic mass is 10.1. The van der Waals surface area contributed by atoms with Gasteiger partial charge in [-0.25, -0.2) is 0 Å². The molecule has 0 saturated carbocycles. The van der Waals surface area contributed by atoms with Crippen molar-refractivity contribution in [2.45, 2.75) is 45.4 Å². The van der Waals surface area contributed by atoms with E-state index in [1.54, 1.807) is 0 Å². The third kappa shape index (κ3) is 30.0. The highest BCUT2D eigenvalue weighted by Crippen LogP contribution is 2.07. The molecule has 0 unspecified atom stereocenters. The summed E-state index contributed by atoms with van der Waals surface area (Å²) in [6.07, 6.45) is 6.09. The fraction of sp³-hybridized carbons (Fsp3) is 0.781. The van der Waals surface area contributed by atoms with Crippen LogP contribution in [-0.4, -0.2) is 125 Å². The Bertz CT molecular complexity index is 693. The molecule has 43 heavy (non-hydrogen) atoms. The highest BCUT2D eigenvalue weighted by atomic mass is 16.6. The molecule has 0 spiro atoms. The van der Waals surface area contributed by atoms with Crippen LogP contribution in [0.4, 0.5) is 0 Å². The van der Waals surface area contributed by atoms with Crippen molar-refractivity contribution in [1.29, 1.82) is 0 Å². The molecule has 1 aromatic carbocycles. The van der Waals surface area contributed by atoms with E-state index in [9.17, 15) is 4.79 Å². The predicted octanol–water partition coefficient (Wildman–Crippen LogP) is 4.10. The Labute approximate surface area is 258 Å². The number of rotatable bonds is 34. The van der Waals surface area contributed by atoms with Gasteiger partial charge in [0.25, 0.3) is 0 Å². The molecule has 0 atom stereocenters. The minimum Gasteiger partial charge on any atom is -0.491 e. The molecule has 1 aromatic rings. The van der Waals surface area contributed by atoms with Crippen LogP contribution >= 0.6 is 0 Å². The highest BCUT2D eigenvalue weighted by Gasteiger charge is 2.02. The van der Waals surface area contributed by atoms with Crippen LogP contribution in [0.15, 0.2) is 30.3 Å². The van der Waals surface area contributed by atoms with Gasteiger partial charge in [-0.15, -0.1) is 0 Å².